The lowest BCUT2D eigenvalue weighted by atomic mass is 9.93. The van der Waals surface area contributed by atoms with Gasteiger partial charge in [-0.2, -0.15) is 15.1 Å². The van der Waals surface area contributed by atoms with E-state index in [-0.39, 0.29) is 18.4 Å². The molecule has 3 heterocycles. The van der Waals surface area contributed by atoms with E-state index in [4.69, 9.17) is 11.6 Å². The minimum absolute atomic E-state index is 0.0770. The van der Waals surface area contributed by atoms with E-state index in [1.807, 2.05) is 11.6 Å². The third-order valence-corrected chi connectivity index (χ3v) is 4.41. The van der Waals surface area contributed by atoms with Gasteiger partial charge in [-0.05, 0) is 37.8 Å². The fourth-order valence-corrected chi connectivity index (χ4v) is 3.10. The Bertz CT molecular complexity index is 717. The predicted octanol–water partition coefficient (Wildman–Crippen LogP) is 2.97. The van der Waals surface area contributed by atoms with E-state index in [0.717, 1.165) is 23.9 Å². The highest BCUT2D eigenvalue weighted by atomic mass is 35.5. The molecule has 2 aromatic rings. The topological polar surface area (TPSA) is 46.8 Å². The van der Waals surface area contributed by atoms with Crippen molar-refractivity contribution < 1.29 is 8.78 Å². The van der Waals surface area contributed by atoms with Crippen molar-refractivity contribution >= 4 is 28.5 Å². The fraction of sp³-hybridized carbons (Fsp3) is 0.615. The highest BCUT2D eigenvalue weighted by Crippen LogP contribution is 2.39. The monoisotopic (exact) mass is 313 g/mol. The van der Waals surface area contributed by atoms with Gasteiger partial charge in [-0.25, -0.2) is 13.5 Å². The lowest BCUT2D eigenvalue weighted by Crippen LogP contribution is -2.56. The Kier molecular flexibility index (Phi) is 2.67. The molecule has 0 unspecified atom stereocenters. The van der Waals surface area contributed by atoms with Crippen molar-refractivity contribution in [2.75, 3.05) is 18.0 Å². The van der Waals surface area contributed by atoms with E-state index in [2.05, 4.69) is 15.1 Å². The maximum atomic E-state index is 13.1. The van der Waals surface area contributed by atoms with Gasteiger partial charge in [0.05, 0.1) is 30.2 Å². The molecule has 4 rings (SSSR count). The number of halogens is 3. The number of aryl methyl sites for hydroxylation is 1. The molecule has 2 aliphatic rings. The van der Waals surface area contributed by atoms with Crippen molar-refractivity contribution in [2.45, 2.75) is 38.2 Å². The summed E-state index contributed by atoms with van der Waals surface area (Å²) in [6, 6.07) is 0.331. The van der Waals surface area contributed by atoms with Crippen LogP contribution in [0.15, 0.2) is 0 Å². The van der Waals surface area contributed by atoms with Crippen LogP contribution in [-0.4, -0.2) is 38.8 Å². The zero-order valence-electron chi connectivity index (χ0n) is 11.5. The summed E-state index contributed by atoms with van der Waals surface area (Å²) in [5.74, 6) is -2.18. The van der Waals surface area contributed by atoms with Crippen LogP contribution in [0.4, 0.5) is 14.6 Å². The molecule has 1 saturated carbocycles. The second-order valence-corrected chi connectivity index (χ2v) is 6.18. The normalized spacial score (nSPS) is 21.4. The Morgan fingerprint density at radius 3 is 2.52 bits per heavy atom. The first-order valence-electron chi connectivity index (χ1n) is 7.00. The molecule has 2 aromatic heterocycles. The molecule has 0 aromatic carbocycles. The van der Waals surface area contributed by atoms with Crippen LogP contribution in [0.2, 0.25) is 5.28 Å². The molecule has 21 heavy (non-hydrogen) atoms. The van der Waals surface area contributed by atoms with Crippen molar-refractivity contribution in [2.24, 2.45) is 0 Å². The molecule has 2 fully saturated rings. The van der Waals surface area contributed by atoms with Crippen LogP contribution in [0.5, 0.6) is 0 Å². The quantitative estimate of drug-likeness (QED) is 0.800. The van der Waals surface area contributed by atoms with Gasteiger partial charge in [0.1, 0.15) is 5.82 Å². The summed E-state index contributed by atoms with van der Waals surface area (Å²) in [6.45, 7) is 1.20. The van der Waals surface area contributed by atoms with Crippen LogP contribution >= 0.6 is 11.6 Å². The van der Waals surface area contributed by atoms with Crippen molar-refractivity contribution in [3.05, 3.63) is 11.0 Å². The van der Waals surface area contributed by atoms with Gasteiger partial charge in [0.15, 0.2) is 5.65 Å². The molecule has 8 heteroatoms. The van der Waals surface area contributed by atoms with Gasteiger partial charge in [-0.15, -0.1) is 0 Å². The number of nitrogens with zero attached hydrogens (tertiary/aromatic N) is 5. The Hall–Kier alpha value is -1.50. The van der Waals surface area contributed by atoms with Gasteiger partial charge in [0.25, 0.3) is 5.92 Å². The Morgan fingerprint density at radius 2 is 1.95 bits per heavy atom. The average Bonchev–Trinajstić information content (AvgIpc) is 2.60. The molecule has 1 saturated heterocycles. The maximum absolute atomic E-state index is 13.1. The molecule has 0 bridgehead atoms. The van der Waals surface area contributed by atoms with Crippen molar-refractivity contribution in [3.63, 3.8) is 0 Å². The molecule has 0 spiro atoms. The number of aromatic nitrogens is 4. The van der Waals surface area contributed by atoms with Crippen molar-refractivity contribution in [1.82, 2.24) is 19.7 Å². The minimum atomic E-state index is -2.65. The molecular weight excluding hydrogens is 300 g/mol. The Balaban J connectivity index is 1.85. The van der Waals surface area contributed by atoms with E-state index >= 15 is 0 Å². The van der Waals surface area contributed by atoms with E-state index in [9.17, 15) is 8.78 Å². The molecule has 1 aliphatic carbocycles. The number of alkyl halides is 2. The number of rotatable bonds is 2. The smallest absolute Gasteiger partial charge is 0.282 e. The predicted molar refractivity (Wildman–Crippen MR) is 75.1 cm³/mol. The summed E-state index contributed by atoms with van der Waals surface area (Å²) < 4.78 is 28.1. The molecule has 5 nitrogen and oxygen atoms in total. The standard InChI is InChI=1S/C13H14ClF2N5/c1-7-9-10(20-5-13(15,16)6-20)17-12(14)18-11(9)21(19-7)8-3-2-4-8/h8H,2-6H2,1H3. The number of hydrogen-bond donors (Lipinski definition) is 0. The van der Waals surface area contributed by atoms with Crippen LogP contribution < -0.4 is 4.90 Å². The zero-order chi connectivity index (χ0) is 14.8. The fourth-order valence-electron chi connectivity index (χ4n) is 2.94. The van der Waals surface area contributed by atoms with Crippen molar-refractivity contribution in [1.29, 1.82) is 0 Å². The van der Waals surface area contributed by atoms with Crippen LogP contribution in [0.25, 0.3) is 11.0 Å². The Morgan fingerprint density at radius 1 is 1.24 bits per heavy atom. The van der Waals surface area contributed by atoms with Gasteiger partial charge in [-0.3, -0.25) is 0 Å². The molecule has 0 amide bonds. The Labute approximate surface area is 124 Å². The summed E-state index contributed by atoms with van der Waals surface area (Å²) in [5, 5.41) is 5.35. The first-order valence-corrected chi connectivity index (χ1v) is 7.37. The first-order chi connectivity index (χ1) is 9.94. The van der Waals surface area contributed by atoms with Gasteiger partial charge >= 0.3 is 0 Å². The third kappa shape index (κ3) is 1.97. The molecular formula is C13H14ClF2N5. The first kappa shape index (κ1) is 13.2. The number of hydrogen-bond acceptors (Lipinski definition) is 4. The van der Waals surface area contributed by atoms with Crippen LogP contribution in [0.3, 0.4) is 0 Å². The van der Waals surface area contributed by atoms with E-state index in [1.54, 1.807) is 0 Å². The largest absolute Gasteiger partial charge is 0.344 e. The van der Waals surface area contributed by atoms with E-state index in [1.165, 1.54) is 11.3 Å². The SMILES string of the molecule is Cc1nn(C2CCC2)c2nc(Cl)nc(N3CC(F)(F)C3)c12. The van der Waals surface area contributed by atoms with Crippen LogP contribution in [0.1, 0.15) is 31.0 Å². The molecule has 1 aliphatic heterocycles. The number of anilines is 1. The zero-order valence-corrected chi connectivity index (χ0v) is 12.2. The van der Waals surface area contributed by atoms with Crippen molar-refractivity contribution in [3.8, 4) is 0 Å². The van der Waals surface area contributed by atoms with Gasteiger partial charge in [0.2, 0.25) is 5.28 Å². The summed E-state index contributed by atoms with van der Waals surface area (Å²) in [4.78, 5) is 9.97. The summed E-state index contributed by atoms with van der Waals surface area (Å²) >= 11 is 5.99. The molecule has 0 atom stereocenters. The molecule has 112 valence electrons. The maximum Gasteiger partial charge on any atom is 0.282 e. The molecule has 0 N–H and O–H groups in total. The molecule has 0 radical (unpaired) electrons. The van der Waals surface area contributed by atoms with Gasteiger partial charge < -0.3 is 4.90 Å². The third-order valence-electron chi connectivity index (χ3n) is 4.24. The van der Waals surface area contributed by atoms with Gasteiger partial charge in [-0.1, -0.05) is 0 Å². The van der Waals surface area contributed by atoms with Crippen LogP contribution in [-0.2, 0) is 0 Å². The van der Waals surface area contributed by atoms with E-state index in [0.29, 0.717) is 17.5 Å². The summed E-state index contributed by atoms with van der Waals surface area (Å²) in [5.41, 5.74) is 1.42. The highest BCUT2D eigenvalue weighted by Gasteiger charge is 2.45. The van der Waals surface area contributed by atoms with E-state index < -0.39 is 5.92 Å². The minimum Gasteiger partial charge on any atom is -0.344 e. The lowest BCUT2D eigenvalue weighted by Gasteiger charge is -2.39. The van der Waals surface area contributed by atoms with Gasteiger partial charge in [0, 0.05) is 0 Å². The second kappa shape index (κ2) is 4.25. The average molecular weight is 314 g/mol. The summed E-state index contributed by atoms with van der Waals surface area (Å²) in [6.07, 6.45) is 3.30. The lowest BCUT2D eigenvalue weighted by molar-refractivity contribution is -0.0265. The number of fused-ring (bicyclic) bond motifs is 1. The summed E-state index contributed by atoms with van der Waals surface area (Å²) in [7, 11) is 0. The second-order valence-electron chi connectivity index (χ2n) is 5.84. The highest BCUT2D eigenvalue weighted by molar-refractivity contribution is 6.28. The van der Waals surface area contributed by atoms with Crippen LogP contribution in [0, 0.1) is 6.92 Å².